The summed E-state index contributed by atoms with van der Waals surface area (Å²) in [5.41, 5.74) is 4.71. The summed E-state index contributed by atoms with van der Waals surface area (Å²) in [7, 11) is 0. The molecule has 0 aromatic heterocycles. The lowest BCUT2D eigenvalue weighted by atomic mass is 10.1. The standard InChI is InChI=1S/C11H13F3N2S/c1-6(2)16-7-3-4-8(10(15)17)9(5-7)11(12,13)14/h3-6,16H,1-2H3,(H2,15,17). The highest BCUT2D eigenvalue weighted by Gasteiger charge is 2.34. The van der Waals surface area contributed by atoms with Gasteiger partial charge in [0.25, 0.3) is 0 Å². The molecule has 6 heteroatoms. The number of nitrogens with one attached hydrogen (secondary N) is 1. The SMILES string of the molecule is CC(C)Nc1ccc(C(N)=S)c(C(F)(F)F)c1. The molecule has 0 atom stereocenters. The van der Waals surface area contributed by atoms with E-state index in [0.29, 0.717) is 5.69 Å². The number of rotatable bonds is 3. The second-order valence-corrected chi connectivity index (χ2v) is 4.36. The van der Waals surface area contributed by atoms with Crippen molar-refractivity contribution in [3.8, 4) is 0 Å². The van der Waals surface area contributed by atoms with E-state index < -0.39 is 11.7 Å². The zero-order valence-corrected chi connectivity index (χ0v) is 10.2. The molecule has 1 rings (SSSR count). The molecule has 3 N–H and O–H groups in total. The van der Waals surface area contributed by atoms with Gasteiger partial charge in [-0.2, -0.15) is 13.2 Å². The van der Waals surface area contributed by atoms with Crippen molar-refractivity contribution in [2.45, 2.75) is 26.1 Å². The predicted molar refractivity (Wildman–Crippen MR) is 66.1 cm³/mol. The number of hydrogen-bond donors (Lipinski definition) is 2. The summed E-state index contributed by atoms with van der Waals surface area (Å²) in [6.07, 6.45) is -4.46. The molecule has 0 amide bonds. The molecular weight excluding hydrogens is 249 g/mol. The largest absolute Gasteiger partial charge is 0.417 e. The molecule has 1 aromatic rings. The molecule has 0 aliphatic carbocycles. The van der Waals surface area contributed by atoms with Crippen LogP contribution in [-0.2, 0) is 6.18 Å². The highest BCUT2D eigenvalue weighted by molar-refractivity contribution is 7.80. The lowest BCUT2D eigenvalue weighted by Crippen LogP contribution is -2.19. The van der Waals surface area contributed by atoms with E-state index in [-0.39, 0.29) is 16.6 Å². The van der Waals surface area contributed by atoms with Crippen molar-refractivity contribution in [3.05, 3.63) is 29.3 Å². The van der Waals surface area contributed by atoms with Gasteiger partial charge in [0, 0.05) is 17.3 Å². The highest BCUT2D eigenvalue weighted by atomic mass is 32.1. The molecular formula is C11H13F3N2S. The lowest BCUT2D eigenvalue weighted by Gasteiger charge is -2.16. The Morgan fingerprint density at radius 1 is 1.35 bits per heavy atom. The quantitative estimate of drug-likeness (QED) is 0.822. The Balaban J connectivity index is 3.25. The maximum atomic E-state index is 12.8. The van der Waals surface area contributed by atoms with Gasteiger partial charge in [-0.1, -0.05) is 12.2 Å². The normalized spacial score (nSPS) is 11.6. The van der Waals surface area contributed by atoms with Crippen LogP contribution in [-0.4, -0.2) is 11.0 Å². The Bertz CT molecular complexity index is 427. The van der Waals surface area contributed by atoms with Crippen LogP contribution in [0.1, 0.15) is 25.0 Å². The third kappa shape index (κ3) is 3.59. The van der Waals surface area contributed by atoms with Gasteiger partial charge in [-0.25, -0.2) is 0 Å². The Morgan fingerprint density at radius 3 is 2.35 bits per heavy atom. The van der Waals surface area contributed by atoms with Crippen LogP contribution in [0.25, 0.3) is 0 Å². The van der Waals surface area contributed by atoms with Crippen molar-refractivity contribution in [1.29, 1.82) is 0 Å². The number of thiocarbonyl (C=S) groups is 1. The number of anilines is 1. The predicted octanol–water partition coefficient (Wildman–Crippen LogP) is 3.16. The van der Waals surface area contributed by atoms with Gasteiger partial charge < -0.3 is 11.1 Å². The molecule has 0 fully saturated rings. The Labute approximate surface area is 103 Å². The van der Waals surface area contributed by atoms with Crippen LogP contribution in [0.3, 0.4) is 0 Å². The average molecular weight is 262 g/mol. The minimum Gasteiger partial charge on any atom is -0.389 e. The number of alkyl halides is 3. The molecule has 1 aromatic carbocycles. The summed E-state index contributed by atoms with van der Waals surface area (Å²) in [6.45, 7) is 3.68. The minimum atomic E-state index is -4.46. The first-order valence-electron chi connectivity index (χ1n) is 4.99. The van der Waals surface area contributed by atoms with Gasteiger partial charge in [-0.05, 0) is 32.0 Å². The summed E-state index contributed by atoms with van der Waals surface area (Å²) in [4.78, 5) is -0.256. The molecule has 0 heterocycles. The van der Waals surface area contributed by atoms with Gasteiger partial charge in [0.1, 0.15) is 4.99 Å². The molecule has 0 unspecified atom stereocenters. The fraction of sp³-hybridized carbons (Fsp3) is 0.364. The van der Waals surface area contributed by atoms with E-state index in [1.807, 2.05) is 13.8 Å². The molecule has 0 aliphatic heterocycles. The Hall–Kier alpha value is -1.30. The van der Waals surface area contributed by atoms with Gasteiger partial charge in [0.05, 0.1) is 5.56 Å². The van der Waals surface area contributed by atoms with E-state index in [9.17, 15) is 13.2 Å². The molecule has 94 valence electrons. The fourth-order valence-corrected chi connectivity index (χ4v) is 1.59. The van der Waals surface area contributed by atoms with Gasteiger partial charge in [-0.3, -0.25) is 0 Å². The summed E-state index contributed by atoms with van der Waals surface area (Å²) in [5, 5.41) is 2.90. The molecule has 0 bridgehead atoms. The first-order chi connectivity index (χ1) is 7.71. The smallest absolute Gasteiger partial charge is 0.389 e. The number of nitrogens with two attached hydrogens (primary N) is 1. The zero-order chi connectivity index (χ0) is 13.2. The van der Waals surface area contributed by atoms with Crippen molar-refractivity contribution in [2.75, 3.05) is 5.32 Å². The van der Waals surface area contributed by atoms with Crippen LogP contribution in [0, 0.1) is 0 Å². The summed E-state index contributed by atoms with van der Waals surface area (Å²) < 4.78 is 38.3. The number of hydrogen-bond acceptors (Lipinski definition) is 2. The number of benzene rings is 1. The molecule has 0 radical (unpaired) electrons. The minimum absolute atomic E-state index is 0.0479. The molecule has 2 nitrogen and oxygen atoms in total. The van der Waals surface area contributed by atoms with E-state index in [4.69, 9.17) is 5.73 Å². The van der Waals surface area contributed by atoms with Crippen molar-refractivity contribution in [1.82, 2.24) is 0 Å². The van der Waals surface area contributed by atoms with E-state index in [1.54, 1.807) is 0 Å². The van der Waals surface area contributed by atoms with Crippen LogP contribution in [0.5, 0.6) is 0 Å². The maximum Gasteiger partial charge on any atom is 0.417 e. The Kier molecular flexibility index (Phi) is 3.98. The first-order valence-corrected chi connectivity index (χ1v) is 5.40. The summed E-state index contributed by atoms with van der Waals surface area (Å²) >= 11 is 4.61. The first kappa shape index (κ1) is 13.8. The topological polar surface area (TPSA) is 38.0 Å². The maximum absolute atomic E-state index is 12.8. The van der Waals surface area contributed by atoms with Gasteiger partial charge in [0.15, 0.2) is 0 Å². The zero-order valence-electron chi connectivity index (χ0n) is 9.43. The molecule has 0 spiro atoms. The lowest BCUT2D eigenvalue weighted by molar-refractivity contribution is -0.137. The van der Waals surface area contributed by atoms with Crippen molar-refractivity contribution < 1.29 is 13.2 Å². The van der Waals surface area contributed by atoms with Gasteiger partial charge in [-0.15, -0.1) is 0 Å². The molecule has 17 heavy (non-hydrogen) atoms. The number of halogens is 3. The average Bonchev–Trinajstić information content (AvgIpc) is 2.14. The van der Waals surface area contributed by atoms with Crippen LogP contribution < -0.4 is 11.1 Å². The van der Waals surface area contributed by atoms with Gasteiger partial charge >= 0.3 is 6.18 Å². The van der Waals surface area contributed by atoms with Crippen LogP contribution in [0.2, 0.25) is 0 Å². The van der Waals surface area contributed by atoms with E-state index >= 15 is 0 Å². The molecule has 0 saturated carbocycles. The molecule has 0 saturated heterocycles. The third-order valence-corrected chi connectivity index (χ3v) is 2.27. The fourth-order valence-electron chi connectivity index (χ4n) is 1.42. The molecule has 0 aliphatic rings. The third-order valence-electron chi connectivity index (χ3n) is 2.05. The van der Waals surface area contributed by atoms with E-state index in [1.165, 1.54) is 12.1 Å². The van der Waals surface area contributed by atoms with Crippen molar-refractivity contribution in [3.63, 3.8) is 0 Å². The van der Waals surface area contributed by atoms with Crippen LogP contribution in [0.15, 0.2) is 18.2 Å². The highest BCUT2D eigenvalue weighted by Crippen LogP contribution is 2.33. The van der Waals surface area contributed by atoms with Crippen LogP contribution >= 0.6 is 12.2 Å². The van der Waals surface area contributed by atoms with Gasteiger partial charge in [0.2, 0.25) is 0 Å². The Morgan fingerprint density at radius 2 is 1.94 bits per heavy atom. The van der Waals surface area contributed by atoms with Crippen LogP contribution in [0.4, 0.5) is 18.9 Å². The van der Waals surface area contributed by atoms with E-state index in [2.05, 4.69) is 17.5 Å². The van der Waals surface area contributed by atoms with Crippen molar-refractivity contribution in [2.24, 2.45) is 5.73 Å². The second kappa shape index (κ2) is 4.91. The van der Waals surface area contributed by atoms with E-state index in [0.717, 1.165) is 6.07 Å². The second-order valence-electron chi connectivity index (χ2n) is 3.92. The summed E-state index contributed by atoms with van der Waals surface area (Å²) in [5.74, 6) is 0. The summed E-state index contributed by atoms with van der Waals surface area (Å²) in [6, 6.07) is 3.89. The monoisotopic (exact) mass is 262 g/mol. The van der Waals surface area contributed by atoms with Crippen molar-refractivity contribution >= 4 is 22.9 Å².